The van der Waals surface area contributed by atoms with Gasteiger partial charge in [-0.2, -0.15) is 0 Å². The molecule has 0 aliphatic rings. The van der Waals surface area contributed by atoms with Crippen LogP contribution >= 0.6 is 0 Å². The number of anilines is 1. The van der Waals surface area contributed by atoms with Crippen molar-refractivity contribution in [1.29, 1.82) is 0 Å². The van der Waals surface area contributed by atoms with Crippen LogP contribution in [0.2, 0.25) is 0 Å². The Hall–Kier alpha value is -2.04. The van der Waals surface area contributed by atoms with Crippen molar-refractivity contribution in [3.63, 3.8) is 0 Å². The summed E-state index contributed by atoms with van der Waals surface area (Å²) in [5.41, 5.74) is 2.72. The molecule has 1 aromatic carbocycles. The van der Waals surface area contributed by atoms with Crippen molar-refractivity contribution in [2.24, 2.45) is 5.92 Å². The van der Waals surface area contributed by atoms with Crippen LogP contribution < -0.4 is 10.6 Å². The third kappa shape index (κ3) is 3.98. The van der Waals surface area contributed by atoms with Crippen molar-refractivity contribution in [1.82, 2.24) is 5.32 Å². The fraction of sp³-hybridized carbons (Fsp3) is 0.429. The van der Waals surface area contributed by atoms with Crippen LogP contribution in [0.4, 0.5) is 10.5 Å². The Bertz CT molecular complexity index is 484. The van der Waals surface area contributed by atoms with Crippen LogP contribution in [0.3, 0.4) is 0 Å². The molecule has 1 aromatic rings. The molecule has 19 heavy (non-hydrogen) atoms. The summed E-state index contributed by atoms with van der Waals surface area (Å²) in [6, 6.07) is 4.18. The third-order valence-corrected chi connectivity index (χ3v) is 3.07. The van der Waals surface area contributed by atoms with E-state index in [0.717, 1.165) is 11.1 Å². The number of urea groups is 1. The minimum atomic E-state index is -1.04. The van der Waals surface area contributed by atoms with Crippen LogP contribution in [0, 0.1) is 19.8 Å². The van der Waals surface area contributed by atoms with Gasteiger partial charge in [0.15, 0.2) is 0 Å². The van der Waals surface area contributed by atoms with Gasteiger partial charge in [0, 0.05) is 5.69 Å². The van der Waals surface area contributed by atoms with Gasteiger partial charge in [0.25, 0.3) is 0 Å². The Balaban J connectivity index is 2.75. The first-order valence-corrected chi connectivity index (χ1v) is 6.19. The number of rotatable bonds is 4. The largest absolute Gasteiger partial charge is 0.480 e. The van der Waals surface area contributed by atoms with Crippen LogP contribution in [0.25, 0.3) is 0 Å². The summed E-state index contributed by atoms with van der Waals surface area (Å²) < 4.78 is 0. The molecule has 0 radical (unpaired) electrons. The number of carbonyl (C=O) groups excluding carboxylic acids is 1. The molecule has 104 valence electrons. The van der Waals surface area contributed by atoms with E-state index in [1.54, 1.807) is 19.9 Å². The predicted molar refractivity (Wildman–Crippen MR) is 74.3 cm³/mol. The molecular weight excluding hydrogens is 244 g/mol. The van der Waals surface area contributed by atoms with Gasteiger partial charge in [0.2, 0.25) is 0 Å². The minimum Gasteiger partial charge on any atom is -0.480 e. The van der Waals surface area contributed by atoms with Crippen molar-refractivity contribution in [3.8, 4) is 0 Å². The van der Waals surface area contributed by atoms with E-state index in [2.05, 4.69) is 10.6 Å². The maximum absolute atomic E-state index is 11.8. The molecule has 0 unspecified atom stereocenters. The molecule has 0 fully saturated rings. The summed E-state index contributed by atoms with van der Waals surface area (Å²) in [6.45, 7) is 7.35. The van der Waals surface area contributed by atoms with E-state index in [9.17, 15) is 9.59 Å². The van der Waals surface area contributed by atoms with Crippen molar-refractivity contribution >= 4 is 17.7 Å². The van der Waals surface area contributed by atoms with Gasteiger partial charge in [0.05, 0.1) is 0 Å². The molecule has 3 N–H and O–H groups in total. The molecule has 0 spiro atoms. The zero-order chi connectivity index (χ0) is 14.6. The molecule has 0 aliphatic carbocycles. The number of benzene rings is 1. The molecule has 0 aromatic heterocycles. The van der Waals surface area contributed by atoms with E-state index >= 15 is 0 Å². The number of carboxylic acids is 1. The molecule has 0 saturated heterocycles. The Morgan fingerprint density at radius 2 is 1.84 bits per heavy atom. The van der Waals surface area contributed by atoms with Crippen molar-refractivity contribution < 1.29 is 14.7 Å². The third-order valence-electron chi connectivity index (χ3n) is 3.07. The molecule has 1 rings (SSSR count). The van der Waals surface area contributed by atoms with Gasteiger partial charge in [-0.15, -0.1) is 0 Å². The molecule has 0 saturated carbocycles. The predicted octanol–water partition coefficient (Wildman–Crippen LogP) is 2.53. The van der Waals surface area contributed by atoms with Crippen LogP contribution in [0.1, 0.15) is 25.0 Å². The first-order chi connectivity index (χ1) is 8.82. The number of aliphatic carboxylic acids is 1. The van der Waals surface area contributed by atoms with Crippen LogP contribution in [-0.4, -0.2) is 23.1 Å². The topological polar surface area (TPSA) is 78.4 Å². The molecule has 0 aliphatic heterocycles. The Labute approximate surface area is 113 Å². The van der Waals surface area contributed by atoms with E-state index in [-0.39, 0.29) is 5.92 Å². The summed E-state index contributed by atoms with van der Waals surface area (Å²) in [5, 5.41) is 14.2. The average molecular weight is 264 g/mol. The van der Waals surface area contributed by atoms with Crippen molar-refractivity contribution in [3.05, 3.63) is 29.3 Å². The molecule has 2 amide bonds. The van der Waals surface area contributed by atoms with E-state index in [1.165, 1.54) is 0 Å². The Morgan fingerprint density at radius 3 is 2.37 bits per heavy atom. The summed E-state index contributed by atoms with van der Waals surface area (Å²) in [4.78, 5) is 22.8. The summed E-state index contributed by atoms with van der Waals surface area (Å²) in [7, 11) is 0. The van der Waals surface area contributed by atoms with Gasteiger partial charge in [-0.1, -0.05) is 26.0 Å². The van der Waals surface area contributed by atoms with Crippen LogP contribution in [-0.2, 0) is 4.79 Å². The summed E-state index contributed by atoms with van der Waals surface area (Å²) in [5.74, 6) is -1.21. The Morgan fingerprint density at radius 1 is 1.21 bits per heavy atom. The number of hydrogen-bond acceptors (Lipinski definition) is 2. The standard InChI is InChI=1S/C14H20N2O3/c1-8(2)12(13(17)18)16-14(19)15-11-7-5-6-9(3)10(11)4/h5-8,12H,1-4H3,(H,17,18)(H2,15,16,19)/t12-/m1/s1. The SMILES string of the molecule is Cc1cccc(NC(=O)N[C@@H](C(=O)O)C(C)C)c1C. The average Bonchev–Trinajstić information content (AvgIpc) is 2.31. The maximum atomic E-state index is 11.8. The molecular formula is C14H20N2O3. The first-order valence-electron chi connectivity index (χ1n) is 6.19. The number of hydrogen-bond donors (Lipinski definition) is 3. The second kappa shape index (κ2) is 6.22. The van der Waals surface area contributed by atoms with Gasteiger partial charge in [-0.05, 0) is 37.0 Å². The van der Waals surface area contributed by atoms with Gasteiger partial charge < -0.3 is 15.7 Å². The number of amides is 2. The van der Waals surface area contributed by atoms with E-state index < -0.39 is 18.0 Å². The molecule has 5 heteroatoms. The number of carbonyl (C=O) groups is 2. The molecule has 0 heterocycles. The highest BCUT2D eigenvalue weighted by Crippen LogP contribution is 2.17. The highest BCUT2D eigenvalue weighted by Gasteiger charge is 2.23. The summed E-state index contributed by atoms with van der Waals surface area (Å²) in [6.07, 6.45) is 0. The van der Waals surface area contributed by atoms with Crippen molar-refractivity contribution in [2.75, 3.05) is 5.32 Å². The first kappa shape index (κ1) is 15.0. The van der Waals surface area contributed by atoms with E-state index in [4.69, 9.17) is 5.11 Å². The zero-order valence-electron chi connectivity index (χ0n) is 11.7. The number of aryl methyl sites for hydroxylation is 1. The van der Waals surface area contributed by atoms with Gasteiger partial charge in [0.1, 0.15) is 6.04 Å². The maximum Gasteiger partial charge on any atom is 0.326 e. The van der Waals surface area contributed by atoms with Crippen LogP contribution in [0.5, 0.6) is 0 Å². The highest BCUT2D eigenvalue weighted by molar-refractivity contribution is 5.93. The quantitative estimate of drug-likeness (QED) is 0.782. The van der Waals surface area contributed by atoms with E-state index in [1.807, 2.05) is 26.0 Å². The zero-order valence-corrected chi connectivity index (χ0v) is 11.7. The Kier molecular flexibility index (Phi) is 4.92. The minimum absolute atomic E-state index is 0.179. The van der Waals surface area contributed by atoms with Crippen LogP contribution in [0.15, 0.2) is 18.2 Å². The number of nitrogens with one attached hydrogen (secondary N) is 2. The smallest absolute Gasteiger partial charge is 0.326 e. The van der Waals surface area contributed by atoms with Gasteiger partial charge in [-0.25, -0.2) is 9.59 Å². The fourth-order valence-corrected chi connectivity index (χ4v) is 1.70. The van der Waals surface area contributed by atoms with Gasteiger partial charge >= 0.3 is 12.0 Å². The number of carboxylic acid groups (broad SMARTS) is 1. The molecule has 5 nitrogen and oxygen atoms in total. The monoisotopic (exact) mass is 264 g/mol. The fourth-order valence-electron chi connectivity index (χ4n) is 1.70. The van der Waals surface area contributed by atoms with Crippen molar-refractivity contribution in [2.45, 2.75) is 33.7 Å². The second-order valence-electron chi connectivity index (χ2n) is 4.91. The lowest BCUT2D eigenvalue weighted by molar-refractivity contribution is -0.140. The highest BCUT2D eigenvalue weighted by atomic mass is 16.4. The second-order valence-corrected chi connectivity index (χ2v) is 4.91. The lowest BCUT2D eigenvalue weighted by atomic mass is 10.1. The molecule has 0 bridgehead atoms. The van der Waals surface area contributed by atoms with E-state index in [0.29, 0.717) is 5.69 Å². The molecule has 1 atom stereocenters. The lowest BCUT2D eigenvalue weighted by Crippen LogP contribution is -2.46. The van der Waals surface area contributed by atoms with Gasteiger partial charge in [-0.3, -0.25) is 0 Å². The normalized spacial score (nSPS) is 12.1. The lowest BCUT2D eigenvalue weighted by Gasteiger charge is -2.19. The summed E-state index contributed by atoms with van der Waals surface area (Å²) >= 11 is 0.